The number of amides is 1. The molecule has 9 heteroatoms. The molecule has 1 amide bonds. The molecule has 1 aliphatic heterocycles. The lowest BCUT2D eigenvalue weighted by molar-refractivity contribution is 0.179. The van der Waals surface area contributed by atoms with Crippen molar-refractivity contribution in [3.8, 4) is 16.3 Å². The van der Waals surface area contributed by atoms with Crippen molar-refractivity contribution >= 4 is 34.2 Å². The molecule has 1 atom stereocenters. The van der Waals surface area contributed by atoms with Crippen LogP contribution < -0.4 is 10.2 Å². The first-order chi connectivity index (χ1) is 13.6. The number of fused-ring (bicyclic) bond motifs is 3. The minimum atomic E-state index is -0.354. The summed E-state index contributed by atoms with van der Waals surface area (Å²) in [5, 5.41) is 13.4. The highest BCUT2D eigenvalue weighted by atomic mass is 32.1. The topological polar surface area (TPSA) is 100 Å². The van der Waals surface area contributed by atoms with Crippen LogP contribution in [-0.4, -0.2) is 38.8 Å². The van der Waals surface area contributed by atoms with E-state index in [4.69, 9.17) is 4.74 Å². The summed E-state index contributed by atoms with van der Waals surface area (Å²) in [6.45, 7) is 2.32. The van der Waals surface area contributed by atoms with Gasteiger partial charge in [0.2, 0.25) is 5.95 Å². The molecular formula is C19H17N5O3S. The van der Waals surface area contributed by atoms with E-state index in [1.165, 1.54) is 11.3 Å². The molecule has 0 radical (unpaired) electrons. The number of nitrogens with zero attached hydrogens (tertiary/aromatic N) is 4. The van der Waals surface area contributed by atoms with E-state index in [1.807, 2.05) is 19.2 Å². The first kappa shape index (κ1) is 16.9. The fraction of sp³-hybridized carbons (Fsp3) is 0.263. The molecule has 1 aliphatic carbocycles. The summed E-state index contributed by atoms with van der Waals surface area (Å²) in [7, 11) is 0. The maximum atomic E-state index is 12.0. The maximum absolute atomic E-state index is 12.0. The number of benzene rings is 1. The number of nitrogens with one attached hydrogen (secondary N) is 1. The third-order valence-electron chi connectivity index (χ3n) is 4.79. The van der Waals surface area contributed by atoms with Gasteiger partial charge in [-0.1, -0.05) is 17.4 Å². The monoisotopic (exact) mass is 395 g/mol. The van der Waals surface area contributed by atoms with Gasteiger partial charge < -0.3 is 15.2 Å². The number of thiazole rings is 1. The smallest absolute Gasteiger partial charge is 0.416 e. The number of hydrogen-bond acceptors (Lipinski definition) is 8. The van der Waals surface area contributed by atoms with Crippen molar-refractivity contribution in [1.82, 2.24) is 15.0 Å². The molecule has 5 rings (SSSR count). The van der Waals surface area contributed by atoms with E-state index in [9.17, 15) is 9.90 Å². The summed E-state index contributed by atoms with van der Waals surface area (Å²) in [6, 6.07) is 6.76. The molecule has 28 heavy (non-hydrogen) atoms. The van der Waals surface area contributed by atoms with Crippen LogP contribution in [0.5, 0.6) is 5.75 Å². The number of anilines is 3. The summed E-state index contributed by atoms with van der Waals surface area (Å²) in [5.41, 5.74) is 3.54. The second-order valence-corrected chi connectivity index (χ2v) is 7.79. The lowest BCUT2D eigenvalue weighted by Crippen LogP contribution is -2.30. The summed E-state index contributed by atoms with van der Waals surface area (Å²) in [6.07, 6.45) is 3.06. The Bertz CT molecular complexity index is 1080. The van der Waals surface area contributed by atoms with Crippen molar-refractivity contribution in [2.24, 2.45) is 0 Å². The van der Waals surface area contributed by atoms with Crippen molar-refractivity contribution in [1.29, 1.82) is 0 Å². The van der Waals surface area contributed by atoms with Gasteiger partial charge in [0, 0.05) is 18.0 Å². The standard InChI is InChI=1S/C19H17N5O3S/c1-10-9-27-19(26)24(10)18-22-14-6-5-11-8-20-17(23-15(11)16(14)28-18)21-12-3-2-4-13(25)7-12/h2-4,7-8,10,25H,5-6,9H2,1H3,(H,20,21,23). The molecule has 0 saturated carbocycles. The molecule has 1 aromatic carbocycles. The predicted molar refractivity (Wildman–Crippen MR) is 105 cm³/mol. The highest BCUT2D eigenvalue weighted by Gasteiger charge is 2.35. The van der Waals surface area contributed by atoms with Crippen molar-refractivity contribution in [3.63, 3.8) is 0 Å². The minimum Gasteiger partial charge on any atom is -0.508 e. The lowest BCUT2D eigenvalue weighted by atomic mass is 10.00. The minimum absolute atomic E-state index is 0.0343. The third kappa shape index (κ3) is 2.84. The van der Waals surface area contributed by atoms with E-state index >= 15 is 0 Å². The van der Waals surface area contributed by atoms with Crippen molar-refractivity contribution in [2.75, 3.05) is 16.8 Å². The Morgan fingerprint density at radius 1 is 1.32 bits per heavy atom. The van der Waals surface area contributed by atoms with Crippen LogP contribution in [0.25, 0.3) is 10.6 Å². The number of aromatic hydroxyl groups is 1. The van der Waals surface area contributed by atoms with Gasteiger partial charge in [-0.25, -0.2) is 24.6 Å². The largest absolute Gasteiger partial charge is 0.508 e. The Kier molecular flexibility index (Phi) is 3.90. The number of phenols is 1. The Morgan fingerprint density at radius 3 is 3.00 bits per heavy atom. The highest BCUT2D eigenvalue weighted by molar-refractivity contribution is 7.19. The van der Waals surface area contributed by atoms with Crippen LogP contribution in [0.3, 0.4) is 0 Å². The third-order valence-corrected chi connectivity index (χ3v) is 5.89. The molecule has 0 spiro atoms. The van der Waals surface area contributed by atoms with Crippen LogP contribution in [-0.2, 0) is 17.6 Å². The average Bonchev–Trinajstić information content (AvgIpc) is 3.24. The van der Waals surface area contributed by atoms with Crippen molar-refractivity contribution in [2.45, 2.75) is 25.8 Å². The zero-order chi connectivity index (χ0) is 19.3. The van der Waals surface area contributed by atoms with Gasteiger partial charge in [-0.2, -0.15) is 0 Å². The second kappa shape index (κ2) is 6.45. The van der Waals surface area contributed by atoms with Gasteiger partial charge in [-0.05, 0) is 37.5 Å². The molecule has 142 valence electrons. The van der Waals surface area contributed by atoms with E-state index in [1.54, 1.807) is 23.1 Å². The normalized spacial score (nSPS) is 17.8. The highest BCUT2D eigenvalue weighted by Crippen LogP contribution is 2.41. The molecule has 2 aliphatic rings. The summed E-state index contributed by atoms with van der Waals surface area (Å²) >= 11 is 1.46. The number of hydrogen-bond donors (Lipinski definition) is 2. The van der Waals surface area contributed by atoms with Gasteiger partial charge in [0.25, 0.3) is 0 Å². The van der Waals surface area contributed by atoms with E-state index < -0.39 is 0 Å². The van der Waals surface area contributed by atoms with Gasteiger partial charge in [-0.3, -0.25) is 0 Å². The molecule has 0 bridgehead atoms. The van der Waals surface area contributed by atoms with Crippen LogP contribution in [0.2, 0.25) is 0 Å². The Hall–Kier alpha value is -3.20. The molecular weight excluding hydrogens is 378 g/mol. The van der Waals surface area contributed by atoms with E-state index in [-0.39, 0.29) is 17.9 Å². The molecule has 1 fully saturated rings. The molecule has 1 saturated heterocycles. The number of ether oxygens (including phenoxy) is 1. The van der Waals surface area contributed by atoms with Crippen molar-refractivity contribution in [3.05, 3.63) is 41.7 Å². The first-order valence-electron chi connectivity index (χ1n) is 8.96. The first-order valence-corrected chi connectivity index (χ1v) is 9.78. The number of rotatable bonds is 3. The van der Waals surface area contributed by atoms with Gasteiger partial charge in [-0.15, -0.1) is 0 Å². The fourth-order valence-corrected chi connectivity index (χ4v) is 4.62. The van der Waals surface area contributed by atoms with Gasteiger partial charge >= 0.3 is 6.09 Å². The van der Waals surface area contributed by atoms with Crippen LogP contribution in [0.4, 0.5) is 21.6 Å². The van der Waals surface area contributed by atoms with Crippen LogP contribution in [0, 0.1) is 0 Å². The van der Waals surface area contributed by atoms with Gasteiger partial charge in [0.1, 0.15) is 12.4 Å². The second-order valence-electron chi connectivity index (χ2n) is 6.81. The molecule has 2 aromatic heterocycles. The number of aromatic nitrogens is 3. The number of cyclic esters (lactones) is 1. The Balaban J connectivity index is 1.50. The zero-order valence-corrected chi connectivity index (χ0v) is 15.9. The summed E-state index contributed by atoms with van der Waals surface area (Å²) in [4.78, 5) is 28.4. The number of carbonyl (C=O) groups is 1. The predicted octanol–water partition coefficient (Wildman–Crippen LogP) is 3.49. The fourth-order valence-electron chi connectivity index (χ4n) is 3.39. The molecule has 2 N–H and O–H groups in total. The van der Waals surface area contributed by atoms with Gasteiger partial charge in [0.15, 0.2) is 5.13 Å². The summed E-state index contributed by atoms with van der Waals surface area (Å²) in [5.74, 6) is 0.616. The quantitative estimate of drug-likeness (QED) is 0.700. The molecule has 3 heterocycles. The van der Waals surface area contributed by atoms with Crippen LogP contribution in [0.15, 0.2) is 30.5 Å². The van der Waals surface area contributed by atoms with E-state index in [2.05, 4.69) is 20.3 Å². The van der Waals surface area contributed by atoms with E-state index in [0.29, 0.717) is 23.4 Å². The van der Waals surface area contributed by atoms with Gasteiger partial charge in [0.05, 0.1) is 22.3 Å². The number of aryl methyl sites for hydroxylation is 2. The molecule has 3 aromatic rings. The van der Waals surface area contributed by atoms with E-state index in [0.717, 1.165) is 34.7 Å². The maximum Gasteiger partial charge on any atom is 0.416 e. The number of carbonyl (C=O) groups excluding carboxylic acids is 1. The zero-order valence-electron chi connectivity index (χ0n) is 15.0. The Labute approximate surface area is 164 Å². The summed E-state index contributed by atoms with van der Waals surface area (Å²) < 4.78 is 5.13. The van der Waals surface area contributed by atoms with Crippen LogP contribution >= 0.6 is 11.3 Å². The Morgan fingerprint density at radius 2 is 2.21 bits per heavy atom. The molecule has 1 unspecified atom stereocenters. The average molecular weight is 395 g/mol. The SMILES string of the molecule is CC1COC(=O)N1c1nc2c(s1)-c1nc(Nc3cccc(O)c3)ncc1CC2. The molecule has 8 nitrogen and oxygen atoms in total. The number of phenolic OH excluding ortho intramolecular Hbond substituents is 1. The van der Waals surface area contributed by atoms with Crippen molar-refractivity contribution < 1.29 is 14.6 Å². The van der Waals surface area contributed by atoms with Crippen LogP contribution in [0.1, 0.15) is 18.2 Å². The lowest BCUT2D eigenvalue weighted by Gasteiger charge is -2.15.